The summed E-state index contributed by atoms with van der Waals surface area (Å²) in [4.78, 5) is 36.9. The summed E-state index contributed by atoms with van der Waals surface area (Å²) in [6, 6.07) is 13.0. The number of ketones is 1. The van der Waals surface area contributed by atoms with Crippen molar-refractivity contribution in [3.8, 4) is 11.8 Å². The number of ether oxygens (including phenoxy) is 1. The average Bonchev–Trinajstić information content (AvgIpc) is 2.99. The van der Waals surface area contributed by atoms with E-state index in [2.05, 4.69) is 0 Å². The molecule has 0 spiro atoms. The van der Waals surface area contributed by atoms with Gasteiger partial charge in [-0.25, -0.2) is 0 Å². The van der Waals surface area contributed by atoms with Crippen molar-refractivity contribution < 1.29 is 24.2 Å². The third kappa shape index (κ3) is 3.78. The fraction of sp³-hybridized carbons (Fsp3) is 0.182. The number of aromatic nitrogens is 1. The Morgan fingerprint density at radius 1 is 1.20 bits per heavy atom. The van der Waals surface area contributed by atoms with Crippen LogP contribution < -0.4 is 4.74 Å². The number of carboxylic acids is 1. The number of rotatable bonds is 6. The molecule has 1 N–H and O–H groups in total. The fourth-order valence-electron chi connectivity index (χ4n) is 3.34. The van der Waals surface area contributed by atoms with E-state index in [0.29, 0.717) is 38.5 Å². The first-order valence-corrected chi connectivity index (χ1v) is 9.29. The topological polar surface area (TPSA) is 109 Å². The van der Waals surface area contributed by atoms with Gasteiger partial charge in [0.15, 0.2) is 5.78 Å². The number of hydrogen-bond donors (Lipinski definition) is 1. The molecular formula is C22H17ClN2O5. The van der Waals surface area contributed by atoms with Crippen molar-refractivity contribution >= 4 is 40.2 Å². The number of nitrogens with zero attached hydrogens (tertiary/aromatic N) is 2. The maximum Gasteiger partial charge on any atom is 0.328 e. The van der Waals surface area contributed by atoms with Crippen molar-refractivity contribution in [1.82, 2.24) is 4.57 Å². The van der Waals surface area contributed by atoms with E-state index >= 15 is 0 Å². The molecule has 0 bridgehead atoms. The highest BCUT2D eigenvalue weighted by Crippen LogP contribution is 2.31. The number of hydrogen-bond acceptors (Lipinski definition) is 5. The molecule has 152 valence electrons. The van der Waals surface area contributed by atoms with Crippen molar-refractivity contribution in [1.29, 1.82) is 5.26 Å². The largest absolute Gasteiger partial charge is 0.497 e. The molecule has 8 heteroatoms. The van der Waals surface area contributed by atoms with Gasteiger partial charge in [-0.1, -0.05) is 11.6 Å². The molecule has 30 heavy (non-hydrogen) atoms. The summed E-state index contributed by atoms with van der Waals surface area (Å²) in [5.74, 6) is -3.84. The molecule has 0 fully saturated rings. The monoisotopic (exact) mass is 424 g/mol. The molecule has 2 aromatic carbocycles. The van der Waals surface area contributed by atoms with Crippen molar-refractivity contribution in [3.05, 3.63) is 64.3 Å². The zero-order valence-corrected chi connectivity index (χ0v) is 16.9. The van der Waals surface area contributed by atoms with Crippen LogP contribution in [0.4, 0.5) is 0 Å². The van der Waals surface area contributed by atoms with Crippen molar-refractivity contribution in [3.63, 3.8) is 0 Å². The van der Waals surface area contributed by atoms with Gasteiger partial charge in [0.1, 0.15) is 5.75 Å². The Morgan fingerprint density at radius 3 is 2.43 bits per heavy atom. The first kappa shape index (κ1) is 21.1. The Labute approximate surface area is 177 Å². The van der Waals surface area contributed by atoms with Gasteiger partial charge < -0.3 is 9.84 Å². The average molecular weight is 425 g/mol. The number of benzene rings is 2. The summed E-state index contributed by atoms with van der Waals surface area (Å²) in [7, 11) is 1.49. The third-order valence-electron chi connectivity index (χ3n) is 4.89. The lowest BCUT2D eigenvalue weighted by Gasteiger charge is -2.08. The van der Waals surface area contributed by atoms with E-state index in [1.807, 2.05) is 0 Å². The van der Waals surface area contributed by atoms with Crippen LogP contribution in [0.2, 0.25) is 5.02 Å². The molecule has 0 aliphatic heterocycles. The number of aliphatic carboxylic acids is 1. The number of carbonyl (C=O) groups excluding carboxylic acids is 2. The highest BCUT2D eigenvalue weighted by molar-refractivity contribution is 6.30. The van der Waals surface area contributed by atoms with Crippen LogP contribution in [-0.2, 0) is 16.0 Å². The van der Waals surface area contributed by atoms with E-state index in [1.54, 1.807) is 49.4 Å². The number of carboxylic acid groups (broad SMARTS) is 1. The van der Waals surface area contributed by atoms with Gasteiger partial charge in [0.25, 0.3) is 5.91 Å². The smallest absolute Gasteiger partial charge is 0.328 e. The lowest BCUT2D eigenvalue weighted by Crippen LogP contribution is -2.24. The van der Waals surface area contributed by atoms with Crippen LogP contribution in [0.15, 0.2) is 42.5 Å². The molecule has 1 heterocycles. The standard InChI is InChI=1S/C22H17ClN2O5/c1-12-16(10-20(26)18(11-24)22(28)29)17-9-15(30-2)7-8-19(17)25(12)21(27)13-3-5-14(23)6-4-13/h3-9,18H,10H2,1-2H3,(H,28,29). The first-order chi connectivity index (χ1) is 14.3. The Balaban J connectivity index is 2.17. The summed E-state index contributed by atoms with van der Waals surface area (Å²) in [5.41, 5.74) is 1.89. The Kier molecular flexibility index (Phi) is 5.90. The van der Waals surface area contributed by atoms with E-state index in [4.69, 9.17) is 26.7 Å². The zero-order valence-electron chi connectivity index (χ0n) is 16.2. The maximum atomic E-state index is 13.2. The van der Waals surface area contributed by atoms with E-state index < -0.39 is 17.7 Å². The van der Waals surface area contributed by atoms with Crippen LogP contribution in [0.25, 0.3) is 10.9 Å². The minimum atomic E-state index is -1.78. The fourth-order valence-corrected chi connectivity index (χ4v) is 3.46. The number of methoxy groups -OCH3 is 1. The van der Waals surface area contributed by atoms with Crippen LogP contribution in [0.3, 0.4) is 0 Å². The molecule has 0 radical (unpaired) electrons. The third-order valence-corrected chi connectivity index (χ3v) is 5.14. The summed E-state index contributed by atoms with van der Waals surface area (Å²) in [6.07, 6.45) is -0.305. The summed E-state index contributed by atoms with van der Waals surface area (Å²) in [5, 5.41) is 19.2. The van der Waals surface area contributed by atoms with Gasteiger partial charge in [-0.3, -0.25) is 19.0 Å². The molecule has 0 aliphatic carbocycles. The summed E-state index contributed by atoms with van der Waals surface area (Å²) in [6.45, 7) is 1.67. The van der Waals surface area contributed by atoms with Crippen LogP contribution in [0.1, 0.15) is 21.6 Å². The minimum absolute atomic E-state index is 0.305. The second-order valence-corrected chi connectivity index (χ2v) is 7.07. The van der Waals surface area contributed by atoms with Crippen molar-refractivity contribution in [2.45, 2.75) is 13.3 Å². The van der Waals surface area contributed by atoms with Gasteiger partial charge in [-0.05, 0) is 55.0 Å². The number of carbonyl (C=O) groups is 3. The van der Waals surface area contributed by atoms with Crippen LogP contribution in [0.5, 0.6) is 5.75 Å². The normalized spacial score (nSPS) is 11.7. The zero-order chi connectivity index (χ0) is 22.0. The second-order valence-electron chi connectivity index (χ2n) is 6.64. The maximum absolute atomic E-state index is 13.2. The predicted molar refractivity (Wildman–Crippen MR) is 110 cm³/mol. The molecule has 7 nitrogen and oxygen atoms in total. The molecule has 1 atom stereocenters. The number of Topliss-reactive ketones (excluding diaryl/α,β-unsaturated/α-hetero) is 1. The van der Waals surface area contributed by atoms with Gasteiger partial charge in [0.05, 0.1) is 18.7 Å². The van der Waals surface area contributed by atoms with Gasteiger partial charge >= 0.3 is 5.97 Å². The first-order valence-electron chi connectivity index (χ1n) is 8.91. The minimum Gasteiger partial charge on any atom is -0.497 e. The Bertz CT molecular complexity index is 1200. The second kappa shape index (κ2) is 8.39. The van der Waals surface area contributed by atoms with Gasteiger partial charge in [-0.15, -0.1) is 0 Å². The lowest BCUT2D eigenvalue weighted by atomic mass is 9.97. The number of nitriles is 1. The van der Waals surface area contributed by atoms with Crippen LogP contribution in [-0.4, -0.2) is 34.4 Å². The molecule has 1 aromatic heterocycles. The molecular weight excluding hydrogens is 408 g/mol. The number of fused-ring (bicyclic) bond motifs is 1. The molecule has 3 rings (SSSR count). The summed E-state index contributed by atoms with van der Waals surface area (Å²) >= 11 is 5.91. The predicted octanol–water partition coefficient (Wildman–Crippen LogP) is 3.64. The highest BCUT2D eigenvalue weighted by Gasteiger charge is 2.29. The quantitative estimate of drug-likeness (QED) is 0.605. The number of halogens is 1. The Morgan fingerprint density at radius 2 is 1.87 bits per heavy atom. The molecule has 0 saturated heterocycles. The van der Waals surface area contributed by atoms with E-state index in [9.17, 15) is 14.4 Å². The lowest BCUT2D eigenvalue weighted by molar-refractivity contribution is -0.143. The molecule has 1 unspecified atom stereocenters. The molecule has 0 saturated carbocycles. The van der Waals surface area contributed by atoms with Gasteiger partial charge in [-0.2, -0.15) is 5.26 Å². The van der Waals surface area contributed by atoms with E-state index in [-0.39, 0.29) is 12.3 Å². The van der Waals surface area contributed by atoms with Crippen molar-refractivity contribution in [2.24, 2.45) is 5.92 Å². The summed E-state index contributed by atoms with van der Waals surface area (Å²) < 4.78 is 6.72. The van der Waals surface area contributed by atoms with Crippen LogP contribution >= 0.6 is 11.6 Å². The van der Waals surface area contributed by atoms with Gasteiger partial charge in [0, 0.05) is 28.1 Å². The van der Waals surface area contributed by atoms with E-state index in [0.717, 1.165) is 0 Å². The Hall–Kier alpha value is -3.63. The molecule has 0 aliphatic rings. The van der Waals surface area contributed by atoms with Gasteiger partial charge in [0.2, 0.25) is 5.92 Å². The molecule has 0 amide bonds. The van der Waals surface area contributed by atoms with Crippen LogP contribution in [0, 0.1) is 24.2 Å². The highest BCUT2D eigenvalue weighted by atomic mass is 35.5. The molecule has 3 aromatic rings. The SMILES string of the molecule is COc1ccc2c(c1)c(CC(=O)C(C#N)C(=O)O)c(C)n2C(=O)c1ccc(Cl)cc1. The van der Waals surface area contributed by atoms with E-state index in [1.165, 1.54) is 17.7 Å². The van der Waals surface area contributed by atoms with Crippen molar-refractivity contribution in [2.75, 3.05) is 7.11 Å².